The second kappa shape index (κ2) is 8.31. The molecule has 1 aromatic carbocycles. The van der Waals surface area contributed by atoms with Crippen molar-refractivity contribution < 1.29 is 14.3 Å². The molecule has 0 unspecified atom stereocenters. The van der Waals surface area contributed by atoms with Gasteiger partial charge in [0.15, 0.2) is 0 Å². The van der Waals surface area contributed by atoms with Crippen LogP contribution in [-0.4, -0.2) is 25.1 Å². The van der Waals surface area contributed by atoms with E-state index in [1.807, 2.05) is 30.3 Å². The number of ether oxygens (including phenoxy) is 1. The minimum absolute atomic E-state index is 0.173. The van der Waals surface area contributed by atoms with Crippen molar-refractivity contribution >= 4 is 27.9 Å². The zero-order valence-electron chi connectivity index (χ0n) is 10.3. The highest BCUT2D eigenvalue weighted by atomic mass is 79.9. The molecule has 6 heteroatoms. The fourth-order valence-electron chi connectivity index (χ4n) is 1.18. The molecule has 19 heavy (non-hydrogen) atoms. The molecular formula is C13H15BrN2O3. The number of esters is 1. The molecule has 0 saturated heterocycles. The van der Waals surface area contributed by atoms with Crippen molar-refractivity contribution in [2.24, 2.45) is 0 Å². The number of benzene rings is 1. The first-order valence-electron chi connectivity index (χ1n) is 5.62. The molecule has 0 aliphatic carbocycles. The molecule has 0 aliphatic rings. The van der Waals surface area contributed by atoms with Gasteiger partial charge in [-0.1, -0.05) is 52.8 Å². The van der Waals surface area contributed by atoms with Crippen molar-refractivity contribution in [3.05, 3.63) is 47.0 Å². The summed E-state index contributed by atoms with van der Waals surface area (Å²) in [6.07, 6.45) is 0. The average molecular weight is 327 g/mol. The maximum absolute atomic E-state index is 11.4. The molecule has 0 radical (unpaired) electrons. The molecule has 0 atom stereocenters. The van der Waals surface area contributed by atoms with E-state index in [0.717, 1.165) is 5.56 Å². The van der Waals surface area contributed by atoms with Crippen LogP contribution in [0.25, 0.3) is 0 Å². The Labute approximate surface area is 120 Å². The Morgan fingerprint density at radius 2 is 1.79 bits per heavy atom. The third-order valence-electron chi connectivity index (χ3n) is 2.08. The van der Waals surface area contributed by atoms with Crippen molar-refractivity contribution in [3.63, 3.8) is 0 Å². The third kappa shape index (κ3) is 7.25. The van der Waals surface area contributed by atoms with E-state index in [1.54, 1.807) is 0 Å². The topological polar surface area (TPSA) is 67.4 Å². The van der Waals surface area contributed by atoms with Crippen molar-refractivity contribution in [1.82, 2.24) is 10.6 Å². The van der Waals surface area contributed by atoms with E-state index < -0.39 is 12.0 Å². The highest BCUT2D eigenvalue weighted by molar-refractivity contribution is 9.11. The molecule has 2 N–H and O–H groups in total. The lowest BCUT2D eigenvalue weighted by atomic mass is 10.2. The first kappa shape index (κ1) is 15.2. The molecule has 0 fully saturated rings. The van der Waals surface area contributed by atoms with E-state index in [4.69, 9.17) is 4.74 Å². The number of nitrogens with one attached hydrogen (secondary N) is 2. The number of amides is 2. The van der Waals surface area contributed by atoms with Crippen LogP contribution in [0.5, 0.6) is 0 Å². The Balaban J connectivity index is 2.17. The number of urea groups is 1. The Morgan fingerprint density at radius 1 is 1.16 bits per heavy atom. The highest BCUT2D eigenvalue weighted by Gasteiger charge is 2.06. The zero-order valence-corrected chi connectivity index (χ0v) is 11.9. The average Bonchev–Trinajstić information content (AvgIpc) is 2.41. The van der Waals surface area contributed by atoms with Gasteiger partial charge in [0.25, 0.3) is 0 Å². The molecule has 0 aromatic heterocycles. The summed E-state index contributed by atoms with van der Waals surface area (Å²) in [5.41, 5.74) is 0.899. The fraction of sp³-hybridized carbons (Fsp3) is 0.231. The molecule has 0 bridgehead atoms. The summed E-state index contributed by atoms with van der Waals surface area (Å²) in [6.45, 7) is 3.89. The van der Waals surface area contributed by atoms with E-state index in [2.05, 4.69) is 33.1 Å². The first-order chi connectivity index (χ1) is 9.08. The van der Waals surface area contributed by atoms with Gasteiger partial charge in [0.05, 0.1) is 6.54 Å². The lowest BCUT2D eigenvalue weighted by Gasteiger charge is -2.07. The molecule has 1 rings (SSSR count). The molecule has 2 amide bonds. The Kier molecular flexibility index (Phi) is 6.67. The molecular weight excluding hydrogens is 312 g/mol. The minimum Gasteiger partial charge on any atom is -0.460 e. The summed E-state index contributed by atoms with van der Waals surface area (Å²) in [7, 11) is 0. The quantitative estimate of drug-likeness (QED) is 0.785. The normalized spacial score (nSPS) is 9.53. The number of rotatable bonds is 6. The zero-order chi connectivity index (χ0) is 14.1. The van der Waals surface area contributed by atoms with Gasteiger partial charge >= 0.3 is 12.0 Å². The summed E-state index contributed by atoms with van der Waals surface area (Å²) >= 11 is 3.11. The van der Waals surface area contributed by atoms with Gasteiger partial charge in [0, 0.05) is 4.48 Å². The van der Waals surface area contributed by atoms with Crippen LogP contribution in [0, 0.1) is 0 Å². The monoisotopic (exact) mass is 326 g/mol. The summed E-state index contributed by atoms with van der Waals surface area (Å²) < 4.78 is 5.64. The van der Waals surface area contributed by atoms with Gasteiger partial charge in [-0.2, -0.15) is 0 Å². The van der Waals surface area contributed by atoms with Gasteiger partial charge in [0.1, 0.15) is 13.2 Å². The van der Waals surface area contributed by atoms with Crippen LogP contribution in [0.1, 0.15) is 5.56 Å². The standard InChI is InChI=1S/C13H15BrN2O3/c1-10(14)7-15-13(18)16-8-12(17)19-9-11-5-3-2-4-6-11/h2-6H,1,7-9H2,(H2,15,16,18). The van der Waals surface area contributed by atoms with E-state index in [-0.39, 0.29) is 13.2 Å². The Morgan fingerprint density at radius 3 is 2.42 bits per heavy atom. The van der Waals surface area contributed by atoms with Gasteiger partial charge in [-0.25, -0.2) is 4.79 Å². The number of carbonyl (C=O) groups excluding carboxylic acids is 2. The number of hydrogen-bond donors (Lipinski definition) is 2. The van der Waals surface area contributed by atoms with Crippen LogP contribution in [0.2, 0.25) is 0 Å². The smallest absolute Gasteiger partial charge is 0.325 e. The van der Waals surface area contributed by atoms with Crippen LogP contribution in [0.4, 0.5) is 4.79 Å². The van der Waals surface area contributed by atoms with E-state index in [9.17, 15) is 9.59 Å². The lowest BCUT2D eigenvalue weighted by molar-refractivity contribution is -0.143. The lowest BCUT2D eigenvalue weighted by Crippen LogP contribution is -2.39. The molecule has 5 nitrogen and oxygen atoms in total. The van der Waals surface area contributed by atoms with Crippen LogP contribution < -0.4 is 10.6 Å². The van der Waals surface area contributed by atoms with E-state index in [0.29, 0.717) is 11.0 Å². The van der Waals surface area contributed by atoms with Crippen molar-refractivity contribution in [3.8, 4) is 0 Å². The molecule has 1 aromatic rings. The van der Waals surface area contributed by atoms with Crippen LogP contribution >= 0.6 is 15.9 Å². The van der Waals surface area contributed by atoms with Gasteiger partial charge in [-0.3, -0.25) is 4.79 Å². The second-order valence-electron chi connectivity index (χ2n) is 3.70. The Hall–Kier alpha value is -1.82. The summed E-state index contributed by atoms with van der Waals surface area (Å²) in [5, 5.41) is 4.89. The van der Waals surface area contributed by atoms with Crippen molar-refractivity contribution in [2.45, 2.75) is 6.61 Å². The highest BCUT2D eigenvalue weighted by Crippen LogP contribution is 2.00. The largest absolute Gasteiger partial charge is 0.460 e. The van der Waals surface area contributed by atoms with Gasteiger partial charge < -0.3 is 15.4 Å². The van der Waals surface area contributed by atoms with E-state index >= 15 is 0 Å². The summed E-state index contributed by atoms with van der Waals surface area (Å²) in [6, 6.07) is 8.88. The van der Waals surface area contributed by atoms with Gasteiger partial charge in [-0.05, 0) is 5.56 Å². The molecule has 0 saturated carbocycles. The van der Waals surface area contributed by atoms with Gasteiger partial charge in [0.2, 0.25) is 0 Å². The van der Waals surface area contributed by atoms with Gasteiger partial charge in [-0.15, -0.1) is 0 Å². The summed E-state index contributed by atoms with van der Waals surface area (Å²) in [5.74, 6) is -0.489. The van der Waals surface area contributed by atoms with Crippen molar-refractivity contribution in [1.29, 1.82) is 0 Å². The third-order valence-corrected chi connectivity index (χ3v) is 2.36. The predicted molar refractivity (Wildman–Crippen MR) is 75.7 cm³/mol. The maximum atomic E-state index is 11.4. The molecule has 102 valence electrons. The van der Waals surface area contributed by atoms with Crippen molar-refractivity contribution in [2.75, 3.05) is 13.1 Å². The minimum atomic E-state index is -0.489. The molecule has 0 spiro atoms. The summed E-state index contributed by atoms with van der Waals surface area (Å²) in [4.78, 5) is 22.6. The number of hydrogen-bond acceptors (Lipinski definition) is 3. The first-order valence-corrected chi connectivity index (χ1v) is 6.42. The number of carbonyl (C=O) groups is 2. The van der Waals surface area contributed by atoms with Crippen LogP contribution in [0.15, 0.2) is 41.4 Å². The molecule has 0 heterocycles. The molecule has 0 aliphatic heterocycles. The SMILES string of the molecule is C=C(Br)CNC(=O)NCC(=O)OCc1ccccc1. The predicted octanol–water partition coefficient (Wildman–Crippen LogP) is 1.94. The van der Waals surface area contributed by atoms with Crippen LogP contribution in [-0.2, 0) is 16.1 Å². The second-order valence-corrected chi connectivity index (χ2v) is 4.82. The number of halogens is 1. The fourth-order valence-corrected chi connectivity index (χ4v) is 1.32. The van der Waals surface area contributed by atoms with E-state index in [1.165, 1.54) is 0 Å². The van der Waals surface area contributed by atoms with Crippen LogP contribution in [0.3, 0.4) is 0 Å². The maximum Gasteiger partial charge on any atom is 0.325 e. The Bertz CT molecular complexity index is 448.